The molecule has 168 valence electrons. The zero-order valence-electron chi connectivity index (χ0n) is 17.7. The van der Waals surface area contributed by atoms with Crippen LogP contribution in [0.3, 0.4) is 0 Å². The van der Waals surface area contributed by atoms with Crippen molar-refractivity contribution in [1.29, 1.82) is 0 Å². The average Bonchev–Trinajstić information content (AvgIpc) is 2.71. The van der Waals surface area contributed by atoms with Gasteiger partial charge >= 0.3 is 6.09 Å². The summed E-state index contributed by atoms with van der Waals surface area (Å²) in [5, 5.41) is 0. The van der Waals surface area contributed by atoms with Crippen molar-refractivity contribution in [3.05, 3.63) is 11.9 Å². The average molecular weight is 443 g/mol. The molecule has 0 saturated carbocycles. The normalized spacial score (nSPS) is 19.5. The van der Waals surface area contributed by atoms with E-state index in [4.69, 9.17) is 14.2 Å². The van der Waals surface area contributed by atoms with E-state index in [1.807, 2.05) is 6.92 Å². The van der Waals surface area contributed by atoms with Gasteiger partial charge in [0.1, 0.15) is 18.5 Å². The van der Waals surface area contributed by atoms with Gasteiger partial charge < -0.3 is 19.1 Å². The lowest BCUT2D eigenvalue weighted by molar-refractivity contribution is 0.0680. The van der Waals surface area contributed by atoms with Gasteiger partial charge in [0.25, 0.3) is 0 Å². The number of piperidine rings is 2. The molecule has 0 aliphatic carbocycles. The van der Waals surface area contributed by atoms with E-state index in [0.29, 0.717) is 70.2 Å². The Balaban J connectivity index is 1.54. The minimum absolute atomic E-state index is 0.0462. The standard InChI is InChI=1S/C19H30N4O6S/c1-4-27-19(24)22-9-5-15(6-10-22)28-17-14(2)18(21-13-20-17)29-16-7-11-23(12-8-16)30(3,25)26/h13,15-16H,4-12H2,1-3H3. The number of amides is 1. The van der Waals surface area contributed by atoms with E-state index in [2.05, 4.69) is 9.97 Å². The quantitative estimate of drug-likeness (QED) is 0.653. The number of sulfonamides is 1. The molecule has 1 aromatic rings. The van der Waals surface area contributed by atoms with E-state index in [9.17, 15) is 13.2 Å². The lowest BCUT2D eigenvalue weighted by atomic mass is 10.1. The second-order valence-corrected chi connectivity index (χ2v) is 9.57. The topological polar surface area (TPSA) is 111 Å². The zero-order chi connectivity index (χ0) is 21.7. The summed E-state index contributed by atoms with van der Waals surface area (Å²) in [6.45, 7) is 6.05. The first-order chi connectivity index (χ1) is 14.3. The number of likely N-dealkylation sites (tertiary alicyclic amines) is 1. The van der Waals surface area contributed by atoms with Crippen molar-refractivity contribution in [2.75, 3.05) is 39.0 Å². The third-order valence-electron chi connectivity index (χ3n) is 5.39. The van der Waals surface area contributed by atoms with E-state index in [-0.39, 0.29) is 18.3 Å². The first-order valence-corrected chi connectivity index (χ1v) is 12.1. The summed E-state index contributed by atoms with van der Waals surface area (Å²) in [6.07, 6.45) is 4.82. The maximum absolute atomic E-state index is 11.8. The summed E-state index contributed by atoms with van der Waals surface area (Å²) < 4.78 is 41.9. The van der Waals surface area contributed by atoms with Crippen LogP contribution in [-0.2, 0) is 14.8 Å². The van der Waals surface area contributed by atoms with Gasteiger partial charge in [-0.2, -0.15) is 0 Å². The summed E-state index contributed by atoms with van der Waals surface area (Å²) in [5.41, 5.74) is 0.718. The number of hydrogen-bond acceptors (Lipinski definition) is 8. The fraction of sp³-hybridized carbons (Fsp3) is 0.737. The van der Waals surface area contributed by atoms with Crippen LogP contribution in [0.4, 0.5) is 4.79 Å². The van der Waals surface area contributed by atoms with Crippen molar-refractivity contribution in [2.45, 2.75) is 51.7 Å². The number of nitrogens with zero attached hydrogens (tertiary/aromatic N) is 4. The summed E-state index contributed by atoms with van der Waals surface area (Å²) >= 11 is 0. The molecular formula is C19H30N4O6S. The van der Waals surface area contributed by atoms with Gasteiger partial charge in [-0.05, 0) is 26.7 Å². The third kappa shape index (κ3) is 5.72. The molecule has 1 amide bonds. The molecule has 0 radical (unpaired) electrons. The molecule has 0 N–H and O–H groups in total. The predicted molar refractivity (Wildman–Crippen MR) is 109 cm³/mol. The van der Waals surface area contributed by atoms with E-state index in [0.717, 1.165) is 5.56 Å². The van der Waals surface area contributed by atoms with Crippen LogP contribution in [0.1, 0.15) is 38.2 Å². The van der Waals surface area contributed by atoms with Crippen LogP contribution in [0.2, 0.25) is 0 Å². The van der Waals surface area contributed by atoms with Gasteiger partial charge in [-0.1, -0.05) is 0 Å². The highest BCUT2D eigenvalue weighted by Gasteiger charge is 2.28. The van der Waals surface area contributed by atoms with Crippen molar-refractivity contribution in [2.24, 2.45) is 0 Å². The number of ether oxygens (including phenoxy) is 3. The van der Waals surface area contributed by atoms with E-state index in [1.54, 1.807) is 11.8 Å². The number of rotatable bonds is 6. The van der Waals surface area contributed by atoms with Crippen LogP contribution in [0.25, 0.3) is 0 Å². The minimum atomic E-state index is -3.17. The molecular weight excluding hydrogens is 412 g/mol. The van der Waals surface area contributed by atoms with Crippen molar-refractivity contribution in [1.82, 2.24) is 19.2 Å². The molecule has 0 aromatic carbocycles. The Morgan fingerprint density at radius 3 is 2.00 bits per heavy atom. The highest BCUT2D eigenvalue weighted by Crippen LogP contribution is 2.28. The first-order valence-electron chi connectivity index (χ1n) is 10.3. The molecule has 3 rings (SSSR count). The Kier molecular flexibility index (Phi) is 7.35. The molecule has 2 aliphatic heterocycles. The molecule has 2 fully saturated rings. The molecule has 1 aromatic heterocycles. The van der Waals surface area contributed by atoms with Crippen LogP contribution in [0.5, 0.6) is 11.8 Å². The Morgan fingerprint density at radius 1 is 1.03 bits per heavy atom. The number of carbonyl (C=O) groups is 1. The van der Waals surface area contributed by atoms with Gasteiger partial charge in [0, 0.05) is 39.0 Å². The summed E-state index contributed by atoms with van der Waals surface area (Å²) in [7, 11) is -3.17. The van der Waals surface area contributed by atoms with Gasteiger partial charge in [-0.3, -0.25) is 0 Å². The first kappa shape index (κ1) is 22.5. The van der Waals surface area contributed by atoms with Crippen LogP contribution in [0, 0.1) is 6.92 Å². The molecule has 2 saturated heterocycles. The van der Waals surface area contributed by atoms with Gasteiger partial charge in [0.05, 0.1) is 18.4 Å². The number of aromatic nitrogens is 2. The van der Waals surface area contributed by atoms with Crippen molar-refractivity contribution >= 4 is 16.1 Å². The molecule has 11 heteroatoms. The number of carbonyl (C=O) groups excluding carboxylic acids is 1. The molecule has 2 aliphatic rings. The Morgan fingerprint density at radius 2 is 1.53 bits per heavy atom. The fourth-order valence-electron chi connectivity index (χ4n) is 3.62. The maximum Gasteiger partial charge on any atom is 0.409 e. The largest absolute Gasteiger partial charge is 0.474 e. The lowest BCUT2D eigenvalue weighted by Crippen LogP contribution is -2.42. The zero-order valence-corrected chi connectivity index (χ0v) is 18.6. The molecule has 0 atom stereocenters. The van der Waals surface area contributed by atoms with Crippen LogP contribution in [0.15, 0.2) is 6.33 Å². The van der Waals surface area contributed by atoms with Crippen molar-refractivity contribution in [3.63, 3.8) is 0 Å². The third-order valence-corrected chi connectivity index (χ3v) is 6.69. The van der Waals surface area contributed by atoms with Crippen molar-refractivity contribution in [3.8, 4) is 11.8 Å². The van der Waals surface area contributed by atoms with Crippen LogP contribution < -0.4 is 9.47 Å². The van der Waals surface area contributed by atoms with Gasteiger partial charge in [-0.25, -0.2) is 27.5 Å². The van der Waals surface area contributed by atoms with E-state index in [1.165, 1.54) is 16.9 Å². The van der Waals surface area contributed by atoms with E-state index < -0.39 is 10.0 Å². The molecule has 0 unspecified atom stereocenters. The summed E-state index contributed by atoms with van der Waals surface area (Å²) in [5.74, 6) is 0.935. The maximum atomic E-state index is 11.8. The van der Waals surface area contributed by atoms with Gasteiger partial charge in [0.15, 0.2) is 0 Å². The highest BCUT2D eigenvalue weighted by molar-refractivity contribution is 7.88. The van der Waals surface area contributed by atoms with Gasteiger partial charge in [0.2, 0.25) is 21.8 Å². The summed E-state index contributed by atoms with van der Waals surface area (Å²) in [6, 6.07) is 0. The highest BCUT2D eigenvalue weighted by atomic mass is 32.2. The minimum Gasteiger partial charge on any atom is -0.474 e. The predicted octanol–water partition coefficient (Wildman–Crippen LogP) is 1.59. The van der Waals surface area contributed by atoms with Crippen LogP contribution >= 0.6 is 0 Å². The molecule has 0 spiro atoms. The Hall–Kier alpha value is -2.14. The van der Waals surface area contributed by atoms with E-state index >= 15 is 0 Å². The SMILES string of the molecule is CCOC(=O)N1CCC(Oc2ncnc(OC3CCN(S(C)(=O)=O)CC3)c2C)CC1. The van der Waals surface area contributed by atoms with Crippen LogP contribution in [-0.4, -0.2) is 84.9 Å². The summed E-state index contributed by atoms with van der Waals surface area (Å²) in [4.78, 5) is 22.0. The monoisotopic (exact) mass is 442 g/mol. The lowest BCUT2D eigenvalue weighted by Gasteiger charge is -2.32. The molecule has 3 heterocycles. The number of hydrogen-bond donors (Lipinski definition) is 0. The second-order valence-electron chi connectivity index (χ2n) is 7.59. The molecule has 10 nitrogen and oxygen atoms in total. The molecule has 30 heavy (non-hydrogen) atoms. The molecule has 0 bridgehead atoms. The smallest absolute Gasteiger partial charge is 0.409 e. The fourth-order valence-corrected chi connectivity index (χ4v) is 4.50. The van der Waals surface area contributed by atoms with Crippen molar-refractivity contribution < 1.29 is 27.4 Å². The van der Waals surface area contributed by atoms with Gasteiger partial charge in [-0.15, -0.1) is 0 Å². The Bertz CT molecular complexity index is 833. The second kappa shape index (κ2) is 9.78. The Labute approximate surface area is 177 Å².